The zero-order valence-electron chi connectivity index (χ0n) is 10.5. The molecule has 0 bridgehead atoms. The normalized spacial score (nSPS) is 11.0. The lowest BCUT2D eigenvalue weighted by Gasteiger charge is -2.16. The van der Waals surface area contributed by atoms with E-state index in [1.54, 1.807) is 13.4 Å². The molecule has 0 aliphatic carbocycles. The van der Waals surface area contributed by atoms with Gasteiger partial charge in [0.2, 0.25) is 0 Å². The topological polar surface area (TPSA) is 12.5 Å². The summed E-state index contributed by atoms with van der Waals surface area (Å²) in [4.78, 5) is 2.13. The standard InChI is InChI=1S/C15H17NO/c1-16(2)14-9-5-8-12-6-4-7-13(15(12)14)10-11-17-3/h4-11H,1-3H3/b11-10-. The SMILES string of the molecule is CO/C=C\c1cccc2cccc(N(C)C)c12. The average Bonchev–Trinajstić information content (AvgIpc) is 2.35. The molecular weight excluding hydrogens is 210 g/mol. The Morgan fingerprint density at radius 1 is 1.06 bits per heavy atom. The molecule has 0 spiro atoms. The predicted molar refractivity (Wildman–Crippen MR) is 74.3 cm³/mol. The van der Waals surface area contributed by atoms with Crippen LogP contribution in [0, 0.1) is 0 Å². The molecule has 88 valence electrons. The van der Waals surface area contributed by atoms with E-state index in [0.717, 1.165) is 0 Å². The molecule has 0 heterocycles. The van der Waals surface area contributed by atoms with Crippen LogP contribution in [-0.2, 0) is 4.74 Å². The summed E-state index contributed by atoms with van der Waals surface area (Å²) in [5, 5.41) is 2.50. The fourth-order valence-electron chi connectivity index (χ4n) is 2.00. The van der Waals surface area contributed by atoms with Crippen molar-refractivity contribution in [2.45, 2.75) is 0 Å². The lowest BCUT2D eigenvalue weighted by molar-refractivity contribution is 0.341. The maximum Gasteiger partial charge on any atom is 0.0830 e. The minimum absolute atomic E-state index is 1.17. The smallest absolute Gasteiger partial charge is 0.0830 e. The highest BCUT2D eigenvalue weighted by atomic mass is 16.5. The summed E-state index contributed by atoms with van der Waals surface area (Å²) in [6.45, 7) is 0. The van der Waals surface area contributed by atoms with Crippen LogP contribution < -0.4 is 4.90 Å². The van der Waals surface area contributed by atoms with Crippen LogP contribution in [0.15, 0.2) is 42.7 Å². The van der Waals surface area contributed by atoms with Crippen molar-refractivity contribution in [2.75, 3.05) is 26.1 Å². The average molecular weight is 227 g/mol. The van der Waals surface area contributed by atoms with Gasteiger partial charge in [0.1, 0.15) is 0 Å². The van der Waals surface area contributed by atoms with Gasteiger partial charge >= 0.3 is 0 Å². The van der Waals surface area contributed by atoms with Crippen molar-refractivity contribution in [3.63, 3.8) is 0 Å². The van der Waals surface area contributed by atoms with Gasteiger partial charge in [-0.3, -0.25) is 0 Å². The summed E-state index contributed by atoms with van der Waals surface area (Å²) in [7, 11) is 5.78. The molecule has 2 rings (SSSR count). The second-order valence-electron chi connectivity index (χ2n) is 4.16. The lowest BCUT2D eigenvalue weighted by atomic mass is 10.0. The Labute approximate surface area is 102 Å². The van der Waals surface area contributed by atoms with Gasteiger partial charge in [-0.25, -0.2) is 0 Å². The Kier molecular flexibility index (Phi) is 3.33. The Morgan fingerprint density at radius 3 is 2.41 bits per heavy atom. The summed E-state index contributed by atoms with van der Waals surface area (Å²) < 4.78 is 5.00. The Hall–Kier alpha value is -1.96. The van der Waals surface area contributed by atoms with Gasteiger partial charge in [-0.1, -0.05) is 30.3 Å². The van der Waals surface area contributed by atoms with Crippen molar-refractivity contribution in [3.05, 3.63) is 48.2 Å². The summed E-state index contributed by atoms with van der Waals surface area (Å²) >= 11 is 0. The van der Waals surface area contributed by atoms with Gasteiger partial charge < -0.3 is 9.64 Å². The van der Waals surface area contributed by atoms with E-state index in [-0.39, 0.29) is 0 Å². The van der Waals surface area contributed by atoms with Gasteiger partial charge in [0.15, 0.2) is 0 Å². The number of rotatable bonds is 3. The van der Waals surface area contributed by atoms with Crippen LogP contribution in [-0.4, -0.2) is 21.2 Å². The van der Waals surface area contributed by atoms with E-state index in [2.05, 4.69) is 55.4 Å². The van der Waals surface area contributed by atoms with Crippen LogP contribution in [0.3, 0.4) is 0 Å². The summed E-state index contributed by atoms with van der Waals surface area (Å²) in [5.74, 6) is 0. The van der Waals surface area contributed by atoms with E-state index in [0.29, 0.717) is 0 Å². The number of anilines is 1. The molecule has 0 aliphatic heterocycles. The van der Waals surface area contributed by atoms with Crippen LogP contribution in [0.2, 0.25) is 0 Å². The monoisotopic (exact) mass is 227 g/mol. The van der Waals surface area contributed by atoms with Crippen LogP contribution in [0.4, 0.5) is 5.69 Å². The Morgan fingerprint density at radius 2 is 1.76 bits per heavy atom. The molecule has 17 heavy (non-hydrogen) atoms. The number of hydrogen-bond donors (Lipinski definition) is 0. The highest BCUT2D eigenvalue weighted by molar-refractivity contribution is 6.00. The highest BCUT2D eigenvalue weighted by Gasteiger charge is 2.05. The minimum Gasteiger partial charge on any atom is -0.504 e. The molecule has 2 nitrogen and oxygen atoms in total. The van der Waals surface area contributed by atoms with E-state index in [9.17, 15) is 0 Å². The Bertz CT molecular complexity index is 538. The maximum absolute atomic E-state index is 5.00. The van der Waals surface area contributed by atoms with Crippen LogP contribution in [0.25, 0.3) is 16.8 Å². The van der Waals surface area contributed by atoms with Crippen molar-refractivity contribution in [2.24, 2.45) is 0 Å². The summed E-state index contributed by atoms with van der Waals surface area (Å²) in [6.07, 6.45) is 3.70. The quantitative estimate of drug-likeness (QED) is 0.744. The summed E-state index contributed by atoms with van der Waals surface area (Å²) in [6, 6.07) is 12.6. The van der Waals surface area contributed by atoms with Crippen LogP contribution >= 0.6 is 0 Å². The first-order chi connectivity index (χ1) is 8.24. The van der Waals surface area contributed by atoms with Crippen LogP contribution in [0.1, 0.15) is 5.56 Å². The molecule has 0 unspecified atom stereocenters. The van der Waals surface area contributed by atoms with Gasteiger partial charge in [-0.2, -0.15) is 0 Å². The molecule has 0 aliphatic rings. The molecule has 0 amide bonds. The third-order valence-electron chi connectivity index (χ3n) is 2.78. The first-order valence-electron chi connectivity index (χ1n) is 5.62. The minimum atomic E-state index is 1.17. The molecule has 0 saturated heterocycles. The number of ether oxygens (including phenoxy) is 1. The fourth-order valence-corrected chi connectivity index (χ4v) is 2.00. The van der Waals surface area contributed by atoms with E-state index in [4.69, 9.17) is 4.74 Å². The predicted octanol–water partition coefficient (Wildman–Crippen LogP) is 3.52. The third kappa shape index (κ3) is 2.26. The lowest BCUT2D eigenvalue weighted by Crippen LogP contribution is -2.09. The van der Waals surface area contributed by atoms with Crippen molar-refractivity contribution < 1.29 is 4.74 Å². The molecule has 0 fully saturated rings. The first-order valence-corrected chi connectivity index (χ1v) is 5.62. The van der Waals surface area contributed by atoms with E-state index in [1.165, 1.54) is 22.0 Å². The summed E-state index contributed by atoms with van der Waals surface area (Å²) in [5.41, 5.74) is 2.40. The molecule has 2 heteroatoms. The zero-order chi connectivity index (χ0) is 12.3. The van der Waals surface area contributed by atoms with Gasteiger partial charge in [0, 0.05) is 25.2 Å². The van der Waals surface area contributed by atoms with Gasteiger partial charge in [-0.05, 0) is 23.1 Å². The largest absolute Gasteiger partial charge is 0.504 e. The van der Waals surface area contributed by atoms with Crippen molar-refractivity contribution in [1.82, 2.24) is 0 Å². The molecular formula is C15H17NO. The number of nitrogens with zero attached hydrogens (tertiary/aromatic N) is 1. The van der Waals surface area contributed by atoms with E-state index in [1.807, 2.05) is 6.08 Å². The molecule has 0 radical (unpaired) electrons. The van der Waals surface area contributed by atoms with Gasteiger partial charge in [0.25, 0.3) is 0 Å². The highest BCUT2D eigenvalue weighted by Crippen LogP contribution is 2.29. The second kappa shape index (κ2) is 4.91. The van der Waals surface area contributed by atoms with Crippen molar-refractivity contribution in [3.8, 4) is 0 Å². The fraction of sp³-hybridized carbons (Fsp3) is 0.200. The first kappa shape index (κ1) is 11.5. The number of methoxy groups -OCH3 is 1. The van der Waals surface area contributed by atoms with Crippen LogP contribution in [0.5, 0.6) is 0 Å². The molecule has 0 saturated carbocycles. The second-order valence-corrected chi connectivity index (χ2v) is 4.16. The number of fused-ring (bicyclic) bond motifs is 1. The number of benzene rings is 2. The molecule has 2 aromatic rings. The van der Waals surface area contributed by atoms with E-state index >= 15 is 0 Å². The van der Waals surface area contributed by atoms with Crippen molar-refractivity contribution in [1.29, 1.82) is 0 Å². The van der Waals surface area contributed by atoms with Gasteiger partial charge in [0.05, 0.1) is 13.4 Å². The Balaban J connectivity index is 2.71. The third-order valence-corrected chi connectivity index (χ3v) is 2.78. The molecule has 0 N–H and O–H groups in total. The van der Waals surface area contributed by atoms with Crippen molar-refractivity contribution >= 4 is 22.5 Å². The van der Waals surface area contributed by atoms with Gasteiger partial charge in [-0.15, -0.1) is 0 Å². The molecule has 0 atom stereocenters. The number of hydrogen-bond acceptors (Lipinski definition) is 2. The molecule has 2 aromatic carbocycles. The maximum atomic E-state index is 5.00. The van der Waals surface area contributed by atoms with E-state index < -0.39 is 0 Å². The molecule has 0 aromatic heterocycles. The zero-order valence-corrected chi connectivity index (χ0v) is 10.5.